The Balaban J connectivity index is 1.52. The number of aliphatic hydroxyl groups excluding tert-OH is 2. The Morgan fingerprint density at radius 2 is 1.98 bits per heavy atom. The summed E-state index contributed by atoms with van der Waals surface area (Å²) in [7, 11) is 0. The second kappa shape index (κ2) is 12.3. The number of H-pyrrole nitrogens is 1. The molecule has 0 radical (unpaired) electrons. The molecule has 6 heteroatoms. The Hall–Kier alpha value is -2.18. The fourth-order valence-electron chi connectivity index (χ4n) is 9.66. The predicted molar refractivity (Wildman–Crippen MR) is 171 cm³/mol. The third-order valence-electron chi connectivity index (χ3n) is 12.3. The largest absolute Gasteiger partial charge is 0.461 e. The zero-order chi connectivity index (χ0) is 31.2. The highest BCUT2D eigenvalue weighted by Crippen LogP contribution is 2.71. The van der Waals surface area contributed by atoms with Crippen molar-refractivity contribution in [2.45, 2.75) is 142 Å². The molecular weight excluding hydrogens is 536 g/mol. The minimum Gasteiger partial charge on any atom is -0.461 e. The fourth-order valence-corrected chi connectivity index (χ4v) is 9.66. The van der Waals surface area contributed by atoms with Gasteiger partial charge in [0.1, 0.15) is 11.9 Å². The molecule has 1 unspecified atom stereocenters. The van der Waals surface area contributed by atoms with E-state index in [0.29, 0.717) is 24.7 Å². The van der Waals surface area contributed by atoms with E-state index in [0.717, 1.165) is 80.5 Å². The first-order valence-corrected chi connectivity index (χ1v) is 17.0. The van der Waals surface area contributed by atoms with Gasteiger partial charge in [-0.25, -0.2) is 4.98 Å². The number of nitrogens with zero attached hydrogens (tertiary/aromatic N) is 1. The summed E-state index contributed by atoms with van der Waals surface area (Å²) in [4.78, 5) is 21.7. The molecule has 4 aliphatic rings. The number of imidazole rings is 1. The van der Waals surface area contributed by atoms with E-state index in [1.807, 2.05) is 20.0 Å². The number of hydrogen-bond acceptors (Lipinski definition) is 5. The molecule has 1 spiro atoms. The highest BCUT2D eigenvalue weighted by atomic mass is 16.5. The van der Waals surface area contributed by atoms with E-state index in [4.69, 9.17) is 9.72 Å². The van der Waals surface area contributed by atoms with Crippen LogP contribution in [0.5, 0.6) is 0 Å². The van der Waals surface area contributed by atoms with Crippen molar-refractivity contribution in [2.75, 3.05) is 0 Å². The van der Waals surface area contributed by atoms with E-state index in [9.17, 15) is 15.0 Å². The number of aryl methyl sites for hydroxylation is 1. The molecule has 238 valence electrons. The van der Waals surface area contributed by atoms with E-state index in [-0.39, 0.29) is 28.8 Å². The van der Waals surface area contributed by atoms with Gasteiger partial charge in [-0.15, -0.1) is 0 Å². The van der Waals surface area contributed by atoms with Gasteiger partial charge in [-0.1, -0.05) is 65.3 Å². The maximum Gasteiger partial charge on any atom is 0.308 e. The minimum absolute atomic E-state index is 0.0938. The van der Waals surface area contributed by atoms with Crippen molar-refractivity contribution in [3.63, 3.8) is 0 Å². The Morgan fingerprint density at radius 1 is 1.21 bits per heavy atom. The number of esters is 1. The molecule has 3 N–H and O–H groups in total. The number of rotatable bonds is 6. The van der Waals surface area contributed by atoms with Crippen LogP contribution in [0, 0.1) is 28.6 Å². The van der Waals surface area contributed by atoms with Crippen molar-refractivity contribution >= 4 is 5.97 Å². The SMILES string of the molecule is C=C1/C(=C\C=C2/CCC[C@@]3(C)[C@H]2CC[C@@]32CC(C)(c3ncc(CCC)[nH]3)[C@H](OC(=O)C(C)C)CC[C@H]2C)C[C@@H](O)C[C@@H]1O. The van der Waals surface area contributed by atoms with Gasteiger partial charge >= 0.3 is 5.97 Å². The van der Waals surface area contributed by atoms with Gasteiger partial charge in [-0.2, -0.15) is 0 Å². The Labute approximate surface area is 259 Å². The molecule has 8 atom stereocenters. The molecule has 5 rings (SSSR count). The Kier molecular flexibility index (Phi) is 9.22. The predicted octanol–water partition coefficient (Wildman–Crippen LogP) is 7.52. The van der Waals surface area contributed by atoms with Crippen molar-refractivity contribution < 1.29 is 19.7 Å². The summed E-state index contributed by atoms with van der Waals surface area (Å²) >= 11 is 0. The van der Waals surface area contributed by atoms with Gasteiger partial charge in [-0.3, -0.25) is 4.79 Å². The molecule has 0 aromatic carbocycles. The number of aromatic amines is 1. The number of nitrogens with one attached hydrogen (secondary N) is 1. The average Bonchev–Trinajstić information content (AvgIpc) is 3.52. The second-order valence-corrected chi connectivity index (χ2v) is 15.2. The lowest BCUT2D eigenvalue weighted by molar-refractivity contribution is -0.158. The number of ether oxygens (including phenoxy) is 1. The second-order valence-electron chi connectivity index (χ2n) is 15.2. The summed E-state index contributed by atoms with van der Waals surface area (Å²) in [5.41, 5.74) is 4.19. The first kappa shape index (κ1) is 32.2. The quantitative estimate of drug-likeness (QED) is 0.297. The summed E-state index contributed by atoms with van der Waals surface area (Å²) in [6.07, 6.45) is 16.6. The highest BCUT2D eigenvalue weighted by molar-refractivity contribution is 5.71. The van der Waals surface area contributed by atoms with Crippen molar-refractivity contribution in [2.24, 2.45) is 28.6 Å². The molecule has 4 aliphatic carbocycles. The lowest BCUT2D eigenvalue weighted by atomic mass is 9.50. The summed E-state index contributed by atoms with van der Waals surface area (Å²) in [6.45, 7) is 17.5. The van der Waals surface area contributed by atoms with E-state index in [1.54, 1.807) is 0 Å². The summed E-state index contributed by atoms with van der Waals surface area (Å²) < 4.78 is 6.38. The minimum atomic E-state index is -0.665. The standard InChI is InChI=1S/C37H56N2O4/c1-8-10-28-21-38-34(39-28)35(6)22-37(24(4)12-15-32(35)43-33(42)23(2)3)18-16-30-26(11-9-17-36(30,37)7)13-14-27-19-29(40)20-31(41)25(27)5/h13-14,21,23-24,29-32,40-41H,5,8-12,15-20,22H2,1-4,6-7H3,(H,38,39)/b26-13+,27-14-/t24-,29-,30+,31+,32-,35?,36+,37+/m1/s1. The number of fused-ring (bicyclic) bond motifs is 2. The van der Waals surface area contributed by atoms with Crippen LogP contribution in [0.3, 0.4) is 0 Å². The van der Waals surface area contributed by atoms with E-state index >= 15 is 0 Å². The number of carbonyl (C=O) groups excluding carboxylic acids is 1. The van der Waals surface area contributed by atoms with Gasteiger partial charge in [0.25, 0.3) is 0 Å². The number of hydrogen-bond donors (Lipinski definition) is 3. The van der Waals surface area contributed by atoms with Gasteiger partial charge in [0.2, 0.25) is 0 Å². The maximum absolute atomic E-state index is 13.0. The van der Waals surface area contributed by atoms with Crippen LogP contribution < -0.4 is 0 Å². The molecule has 0 bridgehead atoms. The first-order chi connectivity index (χ1) is 20.3. The van der Waals surface area contributed by atoms with Crippen LogP contribution in [0.15, 0.2) is 41.6 Å². The van der Waals surface area contributed by atoms with Crippen molar-refractivity contribution in [1.29, 1.82) is 0 Å². The van der Waals surface area contributed by atoms with Gasteiger partial charge in [-0.05, 0) is 105 Å². The Bertz CT molecular complexity index is 1260. The first-order valence-electron chi connectivity index (χ1n) is 17.0. The molecule has 1 aromatic heterocycles. The normalized spacial score (nSPS) is 40.3. The van der Waals surface area contributed by atoms with E-state index < -0.39 is 17.6 Å². The summed E-state index contributed by atoms with van der Waals surface area (Å²) in [5.74, 6) is 1.67. The third kappa shape index (κ3) is 5.72. The van der Waals surface area contributed by atoms with Crippen LogP contribution in [0.4, 0.5) is 0 Å². The lowest BCUT2D eigenvalue weighted by Crippen LogP contribution is -2.50. The van der Waals surface area contributed by atoms with E-state index in [2.05, 4.69) is 51.4 Å². The molecule has 0 aliphatic heterocycles. The van der Waals surface area contributed by atoms with Crippen LogP contribution in [-0.4, -0.2) is 44.5 Å². The molecule has 6 nitrogen and oxygen atoms in total. The van der Waals surface area contributed by atoms with Crippen molar-refractivity contribution in [1.82, 2.24) is 9.97 Å². The molecule has 0 amide bonds. The van der Waals surface area contributed by atoms with Crippen LogP contribution >= 0.6 is 0 Å². The number of aromatic nitrogens is 2. The van der Waals surface area contributed by atoms with Crippen LogP contribution in [0.25, 0.3) is 0 Å². The monoisotopic (exact) mass is 592 g/mol. The topological polar surface area (TPSA) is 95.4 Å². The number of carbonyl (C=O) groups is 1. The fraction of sp³-hybridized carbons (Fsp3) is 0.730. The number of allylic oxidation sites excluding steroid dienone is 3. The Morgan fingerprint density at radius 3 is 2.70 bits per heavy atom. The van der Waals surface area contributed by atoms with Crippen molar-refractivity contribution in [3.8, 4) is 0 Å². The van der Waals surface area contributed by atoms with Gasteiger partial charge in [0.05, 0.1) is 23.5 Å². The smallest absolute Gasteiger partial charge is 0.308 e. The van der Waals surface area contributed by atoms with Crippen LogP contribution in [0.1, 0.15) is 124 Å². The molecule has 0 saturated heterocycles. The summed E-state index contributed by atoms with van der Waals surface area (Å²) in [6, 6.07) is 0. The van der Waals surface area contributed by atoms with Crippen LogP contribution in [0.2, 0.25) is 0 Å². The maximum atomic E-state index is 13.0. The zero-order valence-electron chi connectivity index (χ0n) is 27.5. The highest BCUT2D eigenvalue weighted by Gasteiger charge is 2.64. The third-order valence-corrected chi connectivity index (χ3v) is 12.3. The molecule has 4 fully saturated rings. The molecule has 4 saturated carbocycles. The van der Waals surface area contributed by atoms with Gasteiger partial charge in [0, 0.05) is 18.3 Å². The summed E-state index contributed by atoms with van der Waals surface area (Å²) in [5, 5.41) is 20.7. The number of aliphatic hydroxyl groups is 2. The zero-order valence-corrected chi connectivity index (χ0v) is 27.5. The van der Waals surface area contributed by atoms with Crippen molar-refractivity contribution in [3.05, 3.63) is 53.2 Å². The van der Waals surface area contributed by atoms with Crippen LogP contribution in [-0.2, 0) is 21.4 Å². The average molecular weight is 593 g/mol. The molecule has 43 heavy (non-hydrogen) atoms. The lowest BCUT2D eigenvalue weighted by Gasteiger charge is -2.55. The molecular formula is C37H56N2O4. The van der Waals surface area contributed by atoms with Gasteiger partial charge < -0.3 is 19.9 Å². The van der Waals surface area contributed by atoms with E-state index in [1.165, 1.54) is 12.0 Å². The van der Waals surface area contributed by atoms with Gasteiger partial charge in [0.15, 0.2) is 0 Å². The molecule has 1 aromatic rings. The molecule has 1 heterocycles.